The third kappa shape index (κ3) is 4.86. The van der Waals surface area contributed by atoms with Crippen molar-refractivity contribution in [2.75, 3.05) is 19.0 Å². The summed E-state index contributed by atoms with van der Waals surface area (Å²) in [7, 11) is -2.20. The normalized spacial score (nSPS) is 12.6. The van der Waals surface area contributed by atoms with Gasteiger partial charge in [0, 0.05) is 29.6 Å². The van der Waals surface area contributed by atoms with Gasteiger partial charge in [-0.3, -0.25) is 9.59 Å². The van der Waals surface area contributed by atoms with Crippen LogP contribution in [0.3, 0.4) is 0 Å². The fourth-order valence-corrected chi connectivity index (χ4v) is 5.15. The number of nitrogens with one attached hydrogen (secondary N) is 2. The molecule has 1 heterocycles. The number of benzene rings is 3. The van der Waals surface area contributed by atoms with E-state index in [1.165, 1.54) is 31.4 Å². The van der Waals surface area contributed by atoms with E-state index in [1.807, 2.05) is 24.3 Å². The predicted molar refractivity (Wildman–Crippen MR) is 132 cm³/mol. The van der Waals surface area contributed by atoms with Crippen molar-refractivity contribution in [2.24, 2.45) is 0 Å². The number of fused-ring (bicyclic) bond motifs is 2. The van der Waals surface area contributed by atoms with Crippen LogP contribution in [0, 0.1) is 0 Å². The minimum absolute atomic E-state index is 0.0164. The van der Waals surface area contributed by atoms with E-state index in [0.717, 1.165) is 0 Å². The standard InChI is InChI=1S/C25H25N3O5S/c1-17(16-33-2)27-34(31,32)19-13-11-18(12-14-19)26-24(29)15-28-22-9-5-3-7-20(22)25(30)21-8-4-6-10-23(21)28/h3-14,17,27H,15-16H2,1-2H3,(H,26,29). The highest BCUT2D eigenvalue weighted by molar-refractivity contribution is 7.89. The van der Waals surface area contributed by atoms with E-state index in [2.05, 4.69) is 10.0 Å². The second kappa shape index (κ2) is 9.76. The van der Waals surface area contributed by atoms with Crippen molar-refractivity contribution < 1.29 is 17.9 Å². The van der Waals surface area contributed by atoms with Gasteiger partial charge in [0.05, 0.1) is 22.5 Å². The van der Waals surface area contributed by atoms with Gasteiger partial charge < -0.3 is 14.6 Å². The molecule has 1 unspecified atom stereocenters. The summed E-state index contributed by atoms with van der Waals surface area (Å²) in [6, 6.07) is 19.9. The third-order valence-corrected chi connectivity index (χ3v) is 7.01. The first-order valence-corrected chi connectivity index (χ1v) is 12.2. The van der Waals surface area contributed by atoms with Gasteiger partial charge >= 0.3 is 0 Å². The Labute approximate surface area is 197 Å². The Hall–Kier alpha value is -3.53. The molecule has 176 valence electrons. The average molecular weight is 480 g/mol. The number of rotatable bonds is 8. The van der Waals surface area contributed by atoms with E-state index in [-0.39, 0.29) is 35.4 Å². The first-order chi connectivity index (χ1) is 16.3. The number of amides is 1. The summed E-state index contributed by atoms with van der Waals surface area (Å²) < 4.78 is 34.3. The average Bonchev–Trinajstić information content (AvgIpc) is 2.82. The number of anilines is 1. The molecule has 0 spiro atoms. The number of aromatic nitrogens is 1. The third-order valence-electron chi connectivity index (χ3n) is 5.40. The molecule has 2 N–H and O–H groups in total. The van der Waals surface area contributed by atoms with Crippen LogP contribution in [0.2, 0.25) is 0 Å². The molecule has 1 atom stereocenters. The Kier molecular flexibility index (Phi) is 6.78. The minimum Gasteiger partial charge on any atom is -0.383 e. The first-order valence-electron chi connectivity index (χ1n) is 10.7. The maximum absolute atomic E-state index is 12.9. The Morgan fingerprint density at radius 1 is 0.941 bits per heavy atom. The van der Waals surface area contributed by atoms with E-state index in [9.17, 15) is 18.0 Å². The largest absolute Gasteiger partial charge is 0.383 e. The Bertz CT molecular complexity index is 1450. The quantitative estimate of drug-likeness (QED) is 0.378. The van der Waals surface area contributed by atoms with Crippen LogP contribution in [0.4, 0.5) is 5.69 Å². The highest BCUT2D eigenvalue weighted by atomic mass is 32.2. The van der Waals surface area contributed by atoms with Crippen LogP contribution in [-0.4, -0.2) is 38.7 Å². The zero-order valence-corrected chi connectivity index (χ0v) is 19.6. The Morgan fingerprint density at radius 3 is 2.06 bits per heavy atom. The molecule has 1 amide bonds. The van der Waals surface area contributed by atoms with Crippen molar-refractivity contribution in [1.29, 1.82) is 0 Å². The molecule has 0 aliphatic rings. The monoisotopic (exact) mass is 479 g/mol. The lowest BCUT2D eigenvalue weighted by Crippen LogP contribution is -2.35. The fourth-order valence-electron chi connectivity index (χ4n) is 3.93. The highest BCUT2D eigenvalue weighted by Gasteiger charge is 2.18. The minimum atomic E-state index is -3.70. The molecule has 1 aromatic heterocycles. The first kappa shape index (κ1) is 23.6. The number of para-hydroxylation sites is 2. The predicted octanol–water partition coefficient (Wildman–Crippen LogP) is 3.11. The SMILES string of the molecule is COCC(C)NS(=O)(=O)c1ccc(NC(=O)Cn2c3ccccc3c(=O)c3ccccc32)cc1. The van der Waals surface area contributed by atoms with Gasteiger partial charge in [0.2, 0.25) is 15.9 Å². The van der Waals surface area contributed by atoms with Crippen molar-refractivity contribution in [3.8, 4) is 0 Å². The second-order valence-corrected chi connectivity index (χ2v) is 9.71. The van der Waals surface area contributed by atoms with Gasteiger partial charge in [-0.2, -0.15) is 0 Å². The number of hydrogen-bond acceptors (Lipinski definition) is 5. The molecular formula is C25H25N3O5S. The lowest BCUT2D eigenvalue weighted by atomic mass is 10.1. The van der Waals surface area contributed by atoms with Crippen molar-refractivity contribution >= 4 is 43.4 Å². The van der Waals surface area contributed by atoms with E-state index >= 15 is 0 Å². The number of methoxy groups -OCH3 is 1. The summed E-state index contributed by atoms with van der Waals surface area (Å²) in [4.78, 5) is 25.8. The van der Waals surface area contributed by atoms with Crippen molar-refractivity contribution in [3.05, 3.63) is 83.0 Å². The molecule has 0 bridgehead atoms. The zero-order chi connectivity index (χ0) is 24.3. The summed E-state index contributed by atoms with van der Waals surface area (Å²) in [5.41, 5.74) is 1.72. The molecular weight excluding hydrogens is 454 g/mol. The summed E-state index contributed by atoms with van der Waals surface area (Å²) in [6.45, 7) is 1.94. The maximum atomic E-state index is 12.9. The smallest absolute Gasteiger partial charge is 0.244 e. The van der Waals surface area contributed by atoms with Gasteiger partial charge in [-0.15, -0.1) is 0 Å². The number of ether oxygens (including phenoxy) is 1. The lowest BCUT2D eigenvalue weighted by molar-refractivity contribution is -0.116. The van der Waals surface area contributed by atoms with Gasteiger partial charge in [-0.1, -0.05) is 24.3 Å². The molecule has 0 saturated heterocycles. The Balaban J connectivity index is 1.57. The van der Waals surface area contributed by atoms with E-state index in [0.29, 0.717) is 27.5 Å². The second-order valence-electron chi connectivity index (χ2n) is 8.00. The van der Waals surface area contributed by atoms with Crippen LogP contribution < -0.4 is 15.5 Å². The van der Waals surface area contributed by atoms with Gasteiger partial charge in [0.15, 0.2) is 5.43 Å². The zero-order valence-electron chi connectivity index (χ0n) is 18.8. The fraction of sp³-hybridized carbons (Fsp3) is 0.200. The molecule has 0 saturated carbocycles. The van der Waals surface area contributed by atoms with Gasteiger partial charge in [-0.25, -0.2) is 13.1 Å². The van der Waals surface area contributed by atoms with E-state index in [4.69, 9.17) is 4.74 Å². The van der Waals surface area contributed by atoms with Crippen molar-refractivity contribution in [2.45, 2.75) is 24.4 Å². The molecule has 0 radical (unpaired) electrons. The summed E-state index contributed by atoms with van der Waals surface area (Å²) in [6.07, 6.45) is 0. The molecule has 34 heavy (non-hydrogen) atoms. The van der Waals surface area contributed by atoms with Crippen LogP contribution in [-0.2, 0) is 26.1 Å². The van der Waals surface area contributed by atoms with E-state index < -0.39 is 10.0 Å². The molecule has 3 aromatic carbocycles. The Morgan fingerprint density at radius 2 is 1.50 bits per heavy atom. The number of sulfonamides is 1. The summed E-state index contributed by atoms with van der Waals surface area (Å²) in [5.74, 6) is -0.304. The number of nitrogens with zero attached hydrogens (tertiary/aromatic N) is 1. The maximum Gasteiger partial charge on any atom is 0.244 e. The highest BCUT2D eigenvalue weighted by Crippen LogP contribution is 2.20. The molecule has 4 rings (SSSR count). The van der Waals surface area contributed by atoms with Crippen LogP contribution in [0.25, 0.3) is 21.8 Å². The van der Waals surface area contributed by atoms with Crippen LogP contribution in [0.1, 0.15) is 6.92 Å². The number of pyridine rings is 1. The van der Waals surface area contributed by atoms with Crippen LogP contribution in [0.15, 0.2) is 82.5 Å². The van der Waals surface area contributed by atoms with Gasteiger partial charge in [0.1, 0.15) is 6.54 Å². The van der Waals surface area contributed by atoms with Gasteiger partial charge in [0.25, 0.3) is 0 Å². The number of carbonyl (C=O) groups excluding carboxylic acids is 1. The molecule has 4 aromatic rings. The summed E-state index contributed by atoms with van der Waals surface area (Å²) in [5, 5.41) is 3.88. The van der Waals surface area contributed by atoms with Gasteiger partial charge in [-0.05, 0) is 55.5 Å². The van der Waals surface area contributed by atoms with E-state index in [1.54, 1.807) is 35.8 Å². The molecule has 0 aliphatic carbocycles. The van der Waals surface area contributed by atoms with Crippen LogP contribution >= 0.6 is 0 Å². The van der Waals surface area contributed by atoms with Crippen molar-refractivity contribution in [1.82, 2.24) is 9.29 Å². The molecule has 0 aliphatic heterocycles. The topological polar surface area (TPSA) is 106 Å². The van der Waals surface area contributed by atoms with Crippen molar-refractivity contribution in [3.63, 3.8) is 0 Å². The lowest BCUT2D eigenvalue weighted by Gasteiger charge is -2.15. The van der Waals surface area contributed by atoms with Crippen LogP contribution in [0.5, 0.6) is 0 Å². The molecule has 0 fully saturated rings. The summed E-state index contributed by atoms with van der Waals surface area (Å²) >= 11 is 0. The number of hydrogen-bond donors (Lipinski definition) is 2. The molecule has 9 heteroatoms. The number of carbonyl (C=O) groups is 1. The molecule has 8 nitrogen and oxygen atoms in total.